The van der Waals surface area contributed by atoms with E-state index in [0.29, 0.717) is 29.8 Å². The van der Waals surface area contributed by atoms with Crippen LogP contribution in [0.3, 0.4) is 0 Å². The molecule has 12 nitrogen and oxygen atoms in total. The number of fused-ring (bicyclic) bond motifs is 1. The maximum atomic E-state index is 14.8. The van der Waals surface area contributed by atoms with E-state index in [9.17, 15) is 32.7 Å². The first kappa shape index (κ1) is 37.5. The van der Waals surface area contributed by atoms with E-state index in [-0.39, 0.29) is 48.6 Å². The minimum absolute atomic E-state index is 0.0818. The summed E-state index contributed by atoms with van der Waals surface area (Å²) in [5.41, 5.74) is 1.77. The number of nitrogens with one attached hydrogen (secondary N) is 3. The first-order chi connectivity index (χ1) is 24.9. The summed E-state index contributed by atoms with van der Waals surface area (Å²) in [5, 5.41) is 16.6. The predicted molar refractivity (Wildman–Crippen MR) is 201 cm³/mol. The van der Waals surface area contributed by atoms with Crippen LogP contribution >= 0.6 is 11.6 Å². The third-order valence-corrected chi connectivity index (χ3v) is 14.1. The Kier molecular flexibility index (Phi) is 9.53. The number of hydrogen-bond donors (Lipinski definition) is 4. The van der Waals surface area contributed by atoms with Crippen LogP contribution in [0.2, 0.25) is 5.02 Å². The van der Waals surface area contributed by atoms with Crippen molar-refractivity contribution in [2.24, 2.45) is 23.7 Å². The predicted octanol–water partition coefficient (Wildman–Crippen LogP) is 5.42. The van der Waals surface area contributed by atoms with Crippen molar-refractivity contribution >= 4 is 51.1 Å². The van der Waals surface area contributed by atoms with Gasteiger partial charge in [-0.2, -0.15) is 0 Å². The summed E-state index contributed by atoms with van der Waals surface area (Å²) in [4.78, 5) is 58.7. The van der Waals surface area contributed by atoms with Gasteiger partial charge in [-0.3, -0.25) is 24.0 Å². The molecule has 0 bridgehead atoms. The molecular formula is C39H50ClN5O7S. The summed E-state index contributed by atoms with van der Waals surface area (Å²) in [5.74, 6) is -2.25. The molecule has 1 saturated heterocycles. The zero-order chi connectivity index (χ0) is 38.2. The second-order valence-electron chi connectivity index (χ2n) is 17.1. The third-order valence-electron chi connectivity index (χ3n) is 11.9. The topological polar surface area (TPSA) is 165 Å². The Morgan fingerprint density at radius 1 is 0.981 bits per heavy atom. The molecule has 4 amide bonds. The Balaban J connectivity index is 1.21. The van der Waals surface area contributed by atoms with Gasteiger partial charge in [-0.05, 0) is 96.6 Å². The number of carboxylic acid groups (broad SMARTS) is 1. The molecule has 3 aliphatic carbocycles. The highest BCUT2D eigenvalue weighted by molar-refractivity contribution is 7.91. The van der Waals surface area contributed by atoms with E-state index in [0.717, 1.165) is 29.7 Å². The number of halogens is 1. The number of carbonyl (C=O) groups is 4. The molecular weight excluding hydrogens is 718 g/mol. The SMILES string of the molecule is CC(C)[C@H](Nc1cccc(C(C)(C)C)c1)C(=O)N1C[C@H](C2c3cccc(Cl)c3CN2C(=O)O)C[C@H]1C(=O)N[C@]1(C(=O)NS(=O)(=O)C2CC2)C[C@H]1C1CC1. The number of likely N-dealkylation sites (tertiary alicyclic amines) is 1. The number of sulfonamides is 1. The number of benzene rings is 2. The number of amides is 4. The van der Waals surface area contributed by atoms with Gasteiger partial charge in [0.1, 0.15) is 17.6 Å². The molecule has 2 aromatic rings. The zero-order valence-electron chi connectivity index (χ0n) is 30.9. The van der Waals surface area contributed by atoms with Gasteiger partial charge in [0.2, 0.25) is 21.8 Å². The maximum Gasteiger partial charge on any atom is 0.408 e. The second kappa shape index (κ2) is 13.5. The number of rotatable bonds is 11. The van der Waals surface area contributed by atoms with Gasteiger partial charge < -0.3 is 20.6 Å². The highest BCUT2D eigenvalue weighted by Gasteiger charge is 2.67. The van der Waals surface area contributed by atoms with E-state index in [2.05, 4.69) is 36.1 Å². The van der Waals surface area contributed by atoms with Crippen molar-refractivity contribution in [1.29, 1.82) is 0 Å². The zero-order valence-corrected chi connectivity index (χ0v) is 32.5. The Bertz CT molecular complexity index is 1940. The van der Waals surface area contributed by atoms with Crippen LogP contribution in [-0.2, 0) is 36.4 Å². The van der Waals surface area contributed by atoms with Gasteiger partial charge >= 0.3 is 6.09 Å². The van der Waals surface area contributed by atoms with Crippen LogP contribution in [0, 0.1) is 23.7 Å². The largest absolute Gasteiger partial charge is 0.465 e. The van der Waals surface area contributed by atoms with Crippen molar-refractivity contribution in [3.05, 3.63) is 64.2 Å². The average molecular weight is 768 g/mol. The van der Waals surface area contributed by atoms with Crippen LogP contribution in [0.5, 0.6) is 0 Å². The quantitative estimate of drug-likeness (QED) is 0.236. The Hall–Kier alpha value is -3.84. The highest BCUT2D eigenvalue weighted by atomic mass is 35.5. The highest BCUT2D eigenvalue weighted by Crippen LogP contribution is 2.57. The molecule has 2 heterocycles. The normalized spacial score (nSPS) is 27.3. The molecule has 6 atom stereocenters. The van der Waals surface area contributed by atoms with Crippen molar-refractivity contribution in [2.75, 3.05) is 11.9 Å². The average Bonchev–Trinajstić information content (AvgIpc) is 4.00. The maximum absolute atomic E-state index is 14.8. The van der Waals surface area contributed by atoms with Crippen LogP contribution in [0.15, 0.2) is 42.5 Å². The van der Waals surface area contributed by atoms with Crippen molar-refractivity contribution in [3.63, 3.8) is 0 Å². The third kappa shape index (κ3) is 7.23. The van der Waals surface area contributed by atoms with E-state index < -0.39 is 62.8 Å². The first-order valence-corrected chi connectivity index (χ1v) is 20.7. The van der Waals surface area contributed by atoms with Gasteiger partial charge in [0.25, 0.3) is 5.91 Å². The molecule has 0 spiro atoms. The van der Waals surface area contributed by atoms with E-state index >= 15 is 0 Å². The Morgan fingerprint density at radius 3 is 2.30 bits per heavy atom. The molecule has 4 N–H and O–H groups in total. The minimum atomic E-state index is -3.86. The fourth-order valence-corrected chi connectivity index (χ4v) is 10.1. The molecule has 53 heavy (non-hydrogen) atoms. The number of carbonyl (C=O) groups excluding carboxylic acids is 3. The summed E-state index contributed by atoms with van der Waals surface area (Å²) >= 11 is 6.55. The number of anilines is 1. The monoisotopic (exact) mass is 767 g/mol. The lowest BCUT2D eigenvalue weighted by Gasteiger charge is -2.32. The fraction of sp³-hybridized carbons (Fsp3) is 0.590. The van der Waals surface area contributed by atoms with Crippen molar-refractivity contribution in [3.8, 4) is 0 Å². The summed E-state index contributed by atoms with van der Waals surface area (Å²) in [7, 11) is -3.86. The first-order valence-electron chi connectivity index (χ1n) is 18.7. The molecule has 0 radical (unpaired) electrons. The second-order valence-corrected chi connectivity index (χ2v) is 19.5. The van der Waals surface area contributed by atoms with E-state index in [1.165, 1.54) is 9.80 Å². The summed E-state index contributed by atoms with van der Waals surface area (Å²) in [6, 6.07) is 10.8. The van der Waals surface area contributed by atoms with Gasteiger partial charge in [0.05, 0.1) is 17.8 Å². The summed E-state index contributed by atoms with van der Waals surface area (Å²) in [6.07, 6.45) is 2.09. The fourth-order valence-electron chi connectivity index (χ4n) is 8.49. The lowest BCUT2D eigenvalue weighted by molar-refractivity contribution is -0.140. The van der Waals surface area contributed by atoms with Crippen LogP contribution in [0.25, 0.3) is 0 Å². The van der Waals surface area contributed by atoms with Crippen molar-refractivity contribution in [1.82, 2.24) is 19.8 Å². The molecule has 286 valence electrons. The van der Waals surface area contributed by atoms with Gasteiger partial charge in [-0.1, -0.05) is 70.5 Å². The van der Waals surface area contributed by atoms with Crippen LogP contribution in [0.1, 0.15) is 95.9 Å². The summed E-state index contributed by atoms with van der Waals surface area (Å²) < 4.78 is 28.0. The number of nitrogens with zero attached hydrogens (tertiary/aromatic N) is 2. The van der Waals surface area contributed by atoms with Gasteiger partial charge in [0.15, 0.2) is 0 Å². The van der Waals surface area contributed by atoms with Crippen molar-refractivity contribution < 1.29 is 32.7 Å². The molecule has 2 aromatic carbocycles. The molecule has 4 fully saturated rings. The Morgan fingerprint density at radius 2 is 1.68 bits per heavy atom. The standard InChI is InChI=1S/C39H50ClN5O7S/c1-21(2)32(41-25-9-6-8-24(17-25)38(3,4)5)35(47)44-19-23(33-27-10-7-11-30(40)28(27)20-45(33)37(49)50)16-31(44)34(46)42-39(18-29(39)22-12-13-22)36(48)43-53(51,52)26-14-15-26/h6-11,17,21-23,26,29,31-33,41H,12-16,18-20H2,1-5H3,(H,42,46)(H,43,48)(H,49,50)/t23-,29+,31+,32+,33?,39-/m1/s1. The molecule has 7 rings (SSSR count). The molecule has 5 aliphatic rings. The summed E-state index contributed by atoms with van der Waals surface area (Å²) in [6.45, 7) is 10.4. The van der Waals surface area contributed by atoms with Gasteiger partial charge in [0, 0.05) is 23.2 Å². The van der Waals surface area contributed by atoms with Gasteiger partial charge in [-0.25, -0.2) is 13.2 Å². The van der Waals surface area contributed by atoms with E-state index in [4.69, 9.17) is 11.6 Å². The van der Waals surface area contributed by atoms with Crippen LogP contribution in [-0.4, -0.2) is 76.6 Å². The lowest BCUT2D eigenvalue weighted by Crippen LogP contribution is -2.58. The van der Waals surface area contributed by atoms with Gasteiger partial charge in [-0.15, -0.1) is 0 Å². The van der Waals surface area contributed by atoms with E-state index in [1.807, 2.05) is 44.2 Å². The molecule has 1 unspecified atom stereocenters. The molecule has 3 saturated carbocycles. The molecule has 14 heteroatoms. The van der Waals surface area contributed by atoms with Crippen LogP contribution < -0.4 is 15.4 Å². The van der Waals surface area contributed by atoms with Crippen molar-refractivity contribution in [2.45, 2.75) is 114 Å². The molecule has 2 aliphatic heterocycles. The molecule has 0 aromatic heterocycles. The minimum Gasteiger partial charge on any atom is -0.465 e. The lowest BCUT2D eigenvalue weighted by atomic mass is 9.87. The smallest absolute Gasteiger partial charge is 0.408 e. The van der Waals surface area contributed by atoms with E-state index in [1.54, 1.807) is 12.1 Å². The Labute approximate surface area is 316 Å². The van der Waals surface area contributed by atoms with Crippen LogP contribution in [0.4, 0.5) is 10.5 Å². The number of hydrogen-bond acceptors (Lipinski definition) is 7.